The lowest BCUT2D eigenvalue weighted by atomic mass is 9.92. The summed E-state index contributed by atoms with van der Waals surface area (Å²) >= 11 is 0. The minimum absolute atomic E-state index is 0.823. The summed E-state index contributed by atoms with van der Waals surface area (Å²) < 4.78 is 22.4. The van der Waals surface area contributed by atoms with Crippen molar-refractivity contribution in [2.24, 2.45) is 0 Å². The summed E-state index contributed by atoms with van der Waals surface area (Å²) in [6, 6.07) is 81.3. The van der Waals surface area contributed by atoms with Crippen LogP contribution in [0.1, 0.15) is 0 Å². The minimum atomic E-state index is 0.823. The van der Waals surface area contributed by atoms with Gasteiger partial charge in [0.1, 0.15) is 33.5 Å². The molecule has 0 unspecified atom stereocenters. The fourth-order valence-electron chi connectivity index (χ4n) is 11.1. The predicted molar refractivity (Wildman–Crippen MR) is 288 cm³/mol. The van der Waals surface area contributed by atoms with E-state index in [1.165, 1.54) is 10.8 Å². The summed E-state index contributed by atoms with van der Waals surface area (Å²) in [5, 5.41) is 8.83. The molecule has 15 rings (SSSR count). The van der Waals surface area contributed by atoms with Crippen molar-refractivity contribution >= 4 is 87.6 Å². The molecule has 0 aliphatic rings. The van der Waals surface area contributed by atoms with E-state index in [1.807, 2.05) is 24.3 Å². The molecule has 10 aromatic carbocycles. The third-order valence-corrected chi connectivity index (χ3v) is 14.2. The molecule has 5 heterocycles. The van der Waals surface area contributed by atoms with Crippen molar-refractivity contribution < 1.29 is 13.3 Å². The lowest BCUT2D eigenvalue weighted by molar-refractivity contribution is 0.668. The first-order valence-electron chi connectivity index (χ1n) is 23.7. The Kier molecular flexibility index (Phi) is 8.29. The maximum Gasteiger partial charge on any atom is 0.143 e. The van der Waals surface area contributed by atoms with Gasteiger partial charge in [0.15, 0.2) is 0 Å². The van der Waals surface area contributed by atoms with Crippen LogP contribution in [0.25, 0.3) is 149 Å². The van der Waals surface area contributed by atoms with E-state index in [9.17, 15) is 0 Å². The molecule has 5 aromatic heterocycles. The molecule has 0 fully saturated rings. The highest BCUT2D eigenvalue weighted by molar-refractivity contribution is 6.21. The molecule has 0 aliphatic carbocycles. The van der Waals surface area contributed by atoms with Gasteiger partial charge in [-0.15, -0.1) is 0 Å². The Hall–Kier alpha value is -9.45. The largest absolute Gasteiger partial charge is 0.456 e. The third-order valence-electron chi connectivity index (χ3n) is 14.2. The number of pyridine rings is 1. The Labute approximate surface area is 400 Å². The van der Waals surface area contributed by atoms with Gasteiger partial charge in [0.05, 0.1) is 22.4 Å². The lowest BCUT2D eigenvalue weighted by Gasteiger charge is -2.13. The second kappa shape index (κ2) is 15.0. The van der Waals surface area contributed by atoms with Gasteiger partial charge < -0.3 is 17.8 Å². The first kappa shape index (κ1) is 38.6. The fraction of sp³-hybridized carbons (Fsp3) is 0. The molecular weight excluding hydrogens is 857 g/mol. The maximum atomic E-state index is 6.98. The summed E-state index contributed by atoms with van der Waals surface area (Å²) in [6.45, 7) is 0. The number of nitrogens with zero attached hydrogens (tertiary/aromatic N) is 2. The monoisotopic (exact) mass is 894 g/mol. The second-order valence-electron chi connectivity index (χ2n) is 18.1. The normalized spacial score (nSPS) is 12.0. The highest BCUT2D eigenvalue weighted by Crippen LogP contribution is 2.47. The topological polar surface area (TPSA) is 57.2 Å². The van der Waals surface area contributed by atoms with Crippen LogP contribution in [-0.2, 0) is 0 Å². The van der Waals surface area contributed by atoms with Gasteiger partial charge in [-0.05, 0) is 101 Å². The Morgan fingerprint density at radius 1 is 0.300 bits per heavy atom. The maximum absolute atomic E-state index is 6.98. The van der Waals surface area contributed by atoms with Crippen LogP contribution in [0.15, 0.2) is 244 Å². The zero-order valence-electron chi connectivity index (χ0n) is 37.6. The van der Waals surface area contributed by atoms with Crippen LogP contribution in [0, 0.1) is 0 Å². The molecule has 15 aromatic rings. The molecule has 0 amide bonds. The molecule has 0 saturated carbocycles. The molecule has 0 spiro atoms. The summed E-state index contributed by atoms with van der Waals surface area (Å²) in [6.07, 6.45) is 0. The van der Waals surface area contributed by atoms with E-state index in [2.05, 4.69) is 211 Å². The predicted octanol–water partition coefficient (Wildman–Crippen LogP) is 18.2. The Morgan fingerprint density at radius 3 is 1.76 bits per heavy atom. The Bertz CT molecular complexity index is 4590. The number of para-hydroxylation sites is 5. The van der Waals surface area contributed by atoms with Crippen LogP contribution in [0.3, 0.4) is 0 Å². The van der Waals surface area contributed by atoms with Gasteiger partial charge in [-0.3, -0.25) is 0 Å². The summed E-state index contributed by atoms with van der Waals surface area (Å²) in [5.74, 6) is 0. The number of furan rings is 3. The molecule has 0 aliphatic heterocycles. The van der Waals surface area contributed by atoms with E-state index >= 15 is 0 Å². The van der Waals surface area contributed by atoms with Crippen LogP contribution in [0.5, 0.6) is 0 Å². The van der Waals surface area contributed by atoms with Crippen LogP contribution < -0.4 is 0 Å². The van der Waals surface area contributed by atoms with Gasteiger partial charge >= 0.3 is 0 Å². The van der Waals surface area contributed by atoms with Crippen molar-refractivity contribution in [3.63, 3.8) is 0 Å². The van der Waals surface area contributed by atoms with E-state index in [0.717, 1.165) is 138 Å². The molecule has 5 heteroatoms. The second-order valence-corrected chi connectivity index (χ2v) is 18.1. The number of benzene rings is 10. The number of rotatable bonds is 6. The van der Waals surface area contributed by atoms with Crippen molar-refractivity contribution in [3.05, 3.63) is 231 Å². The average Bonchev–Trinajstić information content (AvgIpc) is 4.20. The van der Waals surface area contributed by atoms with Gasteiger partial charge in [-0.1, -0.05) is 152 Å². The number of aromatic nitrogens is 2. The van der Waals surface area contributed by atoms with Crippen molar-refractivity contribution in [1.82, 2.24) is 9.55 Å². The molecule has 5 nitrogen and oxygen atoms in total. The zero-order chi connectivity index (χ0) is 45.9. The SMILES string of the molecule is c1ccc(-c2cc(-c3cccc4oc5ccc(-c6ccc(-c7cccc8c9ccccc9n(-c9ccccc9)c78)c7oc8ccccc8c67)cc5c34)cc(-c3ccc4c(c3)oc3ccccc34)n2)cc1. The van der Waals surface area contributed by atoms with Crippen molar-refractivity contribution in [2.75, 3.05) is 0 Å². The molecule has 0 radical (unpaired) electrons. The molecular formula is C65H38N2O3. The van der Waals surface area contributed by atoms with Crippen molar-refractivity contribution in [2.45, 2.75) is 0 Å². The standard InChI is InChI=1S/C65H38N2O3/c1-3-15-39(16-4-1)54-36-42(37-55(66-54)41-29-31-48-47-20-8-11-26-57(47)69-61(48)38-41)44-22-14-28-60-62(44)53-35-40(30-34-59(53)68-60)45-32-33-51(65-63(45)52-21-9-12-27-58(52)70-65)50-24-13-23-49-46-19-7-10-25-56(46)67(64(49)50)43-17-5-2-6-18-43/h1-38H. The van der Waals surface area contributed by atoms with Gasteiger partial charge in [-0.2, -0.15) is 0 Å². The van der Waals surface area contributed by atoms with Crippen molar-refractivity contribution in [1.29, 1.82) is 0 Å². The number of hydrogen-bond acceptors (Lipinski definition) is 4. The van der Waals surface area contributed by atoms with E-state index in [4.69, 9.17) is 18.2 Å². The smallest absolute Gasteiger partial charge is 0.143 e. The highest BCUT2D eigenvalue weighted by Gasteiger charge is 2.23. The van der Waals surface area contributed by atoms with Crippen LogP contribution >= 0.6 is 0 Å². The van der Waals surface area contributed by atoms with Crippen LogP contribution in [-0.4, -0.2) is 9.55 Å². The van der Waals surface area contributed by atoms with Gasteiger partial charge in [0, 0.05) is 71.0 Å². The molecule has 0 saturated heterocycles. The Morgan fingerprint density at radius 2 is 0.900 bits per heavy atom. The summed E-state index contributed by atoms with van der Waals surface area (Å²) in [5.41, 5.74) is 18.7. The molecule has 0 atom stereocenters. The van der Waals surface area contributed by atoms with Gasteiger partial charge in [-0.25, -0.2) is 4.98 Å². The number of hydrogen-bond donors (Lipinski definition) is 0. The first-order chi connectivity index (χ1) is 34.7. The fourth-order valence-corrected chi connectivity index (χ4v) is 11.1. The van der Waals surface area contributed by atoms with Crippen molar-refractivity contribution in [3.8, 4) is 61.6 Å². The lowest BCUT2D eigenvalue weighted by Crippen LogP contribution is -1.95. The first-order valence-corrected chi connectivity index (χ1v) is 23.7. The molecule has 70 heavy (non-hydrogen) atoms. The number of fused-ring (bicyclic) bond motifs is 12. The molecule has 326 valence electrons. The van der Waals surface area contributed by atoms with E-state index < -0.39 is 0 Å². The molecule has 0 bridgehead atoms. The quantitative estimate of drug-likeness (QED) is 0.167. The van der Waals surface area contributed by atoms with E-state index in [-0.39, 0.29) is 0 Å². The highest BCUT2D eigenvalue weighted by atomic mass is 16.3. The van der Waals surface area contributed by atoms with Crippen LogP contribution in [0.2, 0.25) is 0 Å². The minimum Gasteiger partial charge on any atom is -0.456 e. The van der Waals surface area contributed by atoms with Crippen LogP contribution in [0.4, 0.5) is 0 Å². The molecule has 0 N–H and O–H groups in total. The van der Waals surface area contributed by atoms with E-state index in [1.54, 1.807) is 0 Å². The van der Waals surface area contributed by atoms with Gasteiger partial charge in [0.2, 0.25) is 0 Å². The zero-order valence-corrected chi connectivity index (χ0v) is 37.6. The van der Waals surface area contributed by atoms with Gasteiger partial charge in [0.25, 0.3) is 0 Å². The summed E-state index contributed by atoms with van der Waals surface area (Å²) in [7, 11) is 0. The summed E-state index contributed by atoms with van der Waals surface area (Å²) in [4.78, 5) is 5.29. The van der Waals surface area contributed by atoms with E-state index in [0.29, 0.717) is 0 Å². The average molecular weight is 895 g/mol. The third kappa shape index (κ3) is 5.82. The Balaban J connectivity index is 0.932.